The van der Waals surface area contributed by atoms with Gasteiger partial charge in [0.25, 0.3) is 0 Å². The van der Waals surface area contributed by atoms with Gasteiger partial charge in [-0.15, -0.1) is 0 Å². The second kappa shape index (κ2) is 8.38. The van der Waals surface area contributed by atoms with Crippen LogP contribution in [-0.2, 0) is 11.8 Å². The minimum Gasteiger partial charge on any atom is -0.382 e. The van der Waals surface area contributed by atoms with E-state index in [1.807, 2.05) is 48.3 Å². The fraction of sp³-hybridized carbons (Fsp3) is 0.261. The number of amides is 1. The summed E-state index contributed by atoms with van der Waals surface area (Å²) in [6, 6.07) is 8.01. The normalized spacial score (nSPS) is 16.2. The van der Waals surface area contributed by atoms with E-state index in [-0.39, 0.29) is 11.9 Å². The maximum absolute atomic E-state index is 12.1. The number of nitrogens with two attached hydrogens (primary N) is 1. The highest BCUT2D eigenvalue weighted by atomic mass is 16.2. The Morgan fingerprint density at radius 2 is 2.06 bits per heavy atom. The van der Waals surface area contributed by atoms with E-state index in [4.69, 9.17) is 10.7 Å². The number of benzene rings is 1. The monoisotopic (exact) mass is 443 g/mol. The van der Waals surface area contributed by atoms with Gasteiger partial charge in [-0.2, -0.15) is 15.1 Å². The number of nitrogen functional groups attached to an aromatic ring is 1. The molecule has 1 aliphatic rings. The van der Waals surface area contributed by atoms with Crippen molar-refractivity contribution in [2.75, 3.05) is 24.1 Å². The number of hydrogen-bond acceptors (Lipinski definition) is 7. The second-order valence-electron chi connectivity index (χ2n) is 8.15. The Hall–Kier alpha value is -4.21. The molecule has 1 unspecified atom stereocenters. The third-order valence-corrected chi connectivity index (χ3v) is 5.90. The summed E-state index contributed by atoms with van der Waals surface area (Å²) in [5.74, 6) is 0.643. The van der Waals surface area contributed by atoms with Crippen molar-refractivity contribution in [3.05, 3.63) is 55.6 Å². The molecule has 10 nitrogen and oxygen atoms in total. The molecule has 1 atom stereocenters. The van der Waals surface area contributed by atoms with Crippen molar-refractivity contribution in [3.8, 4) is 11.1 Å². The highest BCUT2D eigenvalue weighted by Gasteiger charge is 2.25. The number of fused-ring (bicyclic) bond motifs is 1. The van der Waals surface area contributed by atoms with Gasteiger partial charge in [0.2, 0.25) is 11.9 Å². The Balaban J connectivity index is 1.40. The molecule has 4 aromatic rings. The Morgan fingerprint density at radius 1 is 1.24 bits per heavy atom. The van der Waals surface area contributed by atoms with Crippen molar-refractivity contribution in [2.24, 2.45) is 7.05 Å². The number of rotatable bonds is 5. The van der Waals surface area contributed by atoms with E-state index in [0.717, 1.165) is 36.2 Å². The Kier molecular flexibility index (Phi) is 5.25. The summed E-state index contributed by atoms with van der Waals surface area (Å²) in [5.41, 5.74) is 10.4. The minimum atomic E-state index is -0.0599. The summed E-state index contributed by atoms with van der Waals surface area (Å²) < 4.78 is 3.77. The van der Waals surface area contributed by atoms with E-state index in [9.17, 15) is 4.79 Å². The van der Waals surface area contributed by atoms with Crippen LogP contribution < -0.4 is 11.1 Å². The predicted octanol–water partition coefficient (Wildman–Crippen LogP) is 2.90. The van der Waals surface area contributed by atoms with E-state index in [2.05, 4.69) is 27.0 Å². The van der Waals surface area contributed by atoms with Gasteiger partial charge in [0.15, 0.2) is 11.5 Å². The van der Waals surface area contributed by atoms with Crippen LogP contribution in [0.15, 0.2) is 55.6 Å². The van der Waals surface area contributed by atoms with E-state index in [1.165, 1.54) is 6.08 Å². The molecule has 1 amide bonds. The molecule has 0 aliphatic carbocycles. The first kappa shape index (κ1) is 20.7. The molecule has 3 N–H and O–H groups in total. The fourth-order valence-electron chi connectivity index (χ4n) is 4.22. The Labute approximate surface area is 190 Å². The SMILES string of the molecule is C=CC(=O)N1CCCC(n2cnc3c(N)nc(Nc4ccc(-c5cnn(C)c5)cc4)nc32)C1. The van der Waals surface area contributed by atoms with Crippen molar-refractivity contribution >= 4 is 34.5 Å². The molecule has 0 spiro atoms. The molecule has 5 rings (SSSR count). The van der Waals surface area contributed by atoms with Gasteiger partial charge in [0, 0.05) is 37.6 Å². The third kappa shape index (κ3) is 4.02. The second-order valence-corrected chi connectivity index (χ2v) is 8.15. The highest BCUT2D eigenvalue weighted by molar-refractivity contribution is 5.87. The van der Waals surface area contributed by atoms with Crippen LogP contribution in [0.1, 0.15) is 18.9 Å². The number of imidazole rings is 1. The van der Waals surface area contributed by atoms with E-state index >= 15 is 0 Å². The topological polar surface area (TPSA) is 120 Å². The zero-order valence-electron chi connectivity index (χ0n) is 18.3. The molecule has 1 saturated heterocycles. The molecular formula is C23H25N9O. The largest absolute Gasteiger partial charge is 0.382 e. The maximum Gasteiger partial charge on any atom is 0.246 e. The van der Waals surface area contributed by atoms with Crippen LogP contribution >= 0.6 is 0 Å². The summed E-state index contributed by atoms with van der Waals surface area (Å²) in [6.07, 6.45) is 8.71. The quantitative estimate of drug-likeness (QED) is 0.455. The maximum atomic E-state index is 12.1. The number of carbonyl (C=O) groups excluding carboxylic acids is 1. The lowest BCUT2D eigenvalue weighted by atomic mass is 10.1. The highest BCUT2D eigenvalue weighted by Crippen LogP contribution is 2.28. The first-order chi connectivity index (χ1) is 16.0. The number of aromatic nitrogens is 6. The zero-order chi connectivity index (χ0) is 22.9. The summed E-state index contributed by atoms with van der Waals surface area (Å²) in [5, 5.41) is 7.45. The lowest BCUT2D eigenvalue weighted by Crippen LogP contribution is -2.39. The molecular weight excluding hydrogens is 418 g/mol. The van der Waals surface area contributed by atoms with Crippen LogP contribution in [0.25, 0.3) is 22.3 Å². The molecule has 4 heterocycles. The van der Waals surface area contributed by atoms with Crippen LogP contribution in [-0.4, -0.2) is 53.2 Å². The molecule has 1 aromatic carbocycles. The van der Waals surface area contributed by atoms with Gasteiger partial charge in [-0.3, -0.25) is 9.48 Å². The van der Waals surface area contributed by atoms with Gasteiger partial charge < -0.3 is 20.5 Å². The summed E-state index contributed by atoms with van der Waals surface area (Å²) in [6.45, 7) is 4.91. The molecule has 0 saturated carbocycles. The molecule has 0 bridgehead atoms. The number of piperidine rings is 1. The number of nitrogens with one attached hydrogen (secondary N) is 1. The Morgan fingerprint density at radius 3 is 2.79 bits per heavy atom. The summed E-state index contributed by atoms with van der Waals surface area (Å²) >= 11 is 0. The third-order valence-electron chi connectivity index (χ3n) is 5.90. The first-order valence-electron chi connectivity index (χ1n) is 10.8. The first-order valence-corrected chi connectivity index (χ1v) is 10.8. The standard InChI is InChI=1S/C23H25N9O/c1-3-19(33)31-10-4-5-18(13-31)32-14-25-20-21(24)28-23(29-22(20)32)27-17-8-6-15(7-9-17)16-11-26-30(2)12-16/h3,6-9,11-12,14,18H,1,4-5,10,13H2,2H3,(H3,24,27,28,29). The predicted molar refractivity (Wildman–Crippen MR) is 127 cm³/mol. The number of likely N-dealkylation sites (tertiary alicyclic amines) is 1. The summed E-state index contributed by atoms with van der Waals surface area (Å²) in [4.78, 5) is 27.4. The minimum absolute atomic E-state index is 0.0599. The molecule has 1 aliphatic heterocycles. The molecule has 1 fully saturated rings. The lowest BCUT2D eigenvalue weighted by molar-refractivity contribution is -0.127. The molecule has 0 radical (unpaired) electrons. The van der Waals surface area contributed by atoms with Crippen molar-refractivity contribution in [3.63, 3.8) is 0 Å². The number of hydrogen-bond donors (Lipinski definition) is 2. The van der Waals surface area contributed by atoms with Crippen molar-refractivity contribution in [2.45, 2.75) is 18.9 Å². The van der Waals surface area contributed by atoms with Gasteiger partial charge in [-0.05, 0) is 36.6 Å². The molecule has 3 aromatic heterocycles. The fourth-order valence-corrected chi connectivity index (χ4v) is 4.22. The van der Waals surface area contributed by atoms with Crippen LogP contribution in [0.2, 0.25) is 0 Å². The van der Waals surface area contributed by atoms with Crippen LogP contribution in [0.3, 0.4) is 0 Å². The molecule has 10 heteroatoms. The van der Waals surface area contributed by atoms with Crippen LogP contribution in [0, 0.1) is 0 Å². The van der Waals surface area contributed by atoms with Crippen LogP contribution in [0.5, 0.6) is 0 Å². The van der Waals surface area contributed by atoms with E-state index < -0.39 is 0 Å². The Bertz CT molecular complexity index is 1320. The smallest absolute Gasteiger partial charge is 0.246 e. The number of carbonyl (C=O) groups is 1. The average molecular weight is 444 g/mol. The zero-order valence-corrected chi connectivity index (χ0v) is 18.3. The van der Waals surface area contributed by atoms with Crippen molar-refractivity contribution < 1.29 is 4.79 Å². The number of nitrogens with zero attached hydrogens (tertiary/aromatic N) is 7. The molecule has 168 valence electrons. The van der Waals surface area contributed by atoms with E-state index in [1.54, 1.807) is 15.9 Å². The van der Waals surface area contributed by atoms with Gasteiger partial charge in [-0.1, -0.05) is 18.7 Å². The van der Waals surface area contributed by atoms with Crippen molar-refractivity contribution in [1.29, 1.82) is 0 Å². The average Bonchev–Trinajstić information content (AvgIpc) is 3.46. The van der Waals surface area contributed by atoms with Crippen molar-refractivity contribution in [1.82, 2.24) is 34.2 Å². The van der Waals surface area contributed by atoms with Gasteiger partial charge >= 0.3 is 0 Å². The van der Waals surface area contributed by atoms with Crippen LogP contribution in [0.4, 0.5) is 17.5 Å². The molecule has 33 heavy (non-hydrogen) atoms. The van der Waals surface area contributed by atoms with Gasteiger partial charge in [0.05, 0.1) is 18.6 Å². The van der Waals surface area contributed by atoms with Gasteiger partial charge in [-0.25, -0.2) is 4.98 Å². The summed E-state index contributed by atoms with van der Waals surface area (Å²) in [7, 11) is 1.89. The van der Waals surface area contributed by atoms with Gasteiger partial charge in [0.1, 0.15) is 5.52 Å². The van der Waals surface area contributed by atoms with E-state index in [0.29, 0.717) is 29.5 Å². The lowest BCUT2D eigenvalue weighted by Gasteiger charge is -2.32. The number of anilines is 3. The number of aryl methyl sites for hydroxylation is 1.